The summed E-state index contributed by atoms with van der Waals surface area (Å²) in [4.78, 5) is 0.123. The third kappa shape index (κ3) is 5.02. The minimum absolute atomic E-state index is 0.123. The third-order valence-corrected chi connectivity index (χ3v) is 4.48. The molecule has 0 aliphatic rings. The second kappa shape index (κ2) is 7.50. The lowest BCUT2D eigenvalue weighted by atomic mass is 10.1. The number of methoxy groups -OCH3 is 1. The lowest BCUT2D eigenvalue weighted by molar-refractivity contribution is 0.402. The number of nitrogens with one attached hydrogen (secondary N) is 1. The molecule has 0 aliphatic heterocycles. The molecule has 1 rings (SSSR count). The zero-order valence-corrected chi connectivity index (χ0v) is 13.2. The fraction of sp³-hybridized carbons (Fsp3) is 0.571. The van der Waals surface area contributed by atoms with Crippen molar-refractivity contribution in [3.63, 3.8) is 0 Å². The summed E-state index contributed by atoms with van der Waals surface area (Å²) in [5.41, 5.74) is 6.09. The fourth-order valence-corrected chi connectivity index (χ4v) is 3.09. The first-order valence-corrected chi connectivity index (χ1v) is 8.28. The summed E-state index contributed by atoms with van der Waals surface area (Å²) < 4.78 is 32.0. The van der Waals surface area contributed by atoms with Crippen molar-refractivity contribution in [2.45, 2.75) is 38.0 Å². The highest BCUT2D eigenvalue weighted by atomic mass is 32.2. The number of unbranched alkanes of at least 4 members (excludes halogenated alkanes) is 1. The molecule has 0 aliphatic carbocycles. The number of rotatable bonds is 8. The van der Waals surface area contributed by atoms with E-state index in [1.54, 1.807) is 6.07 Å². The molecule has 3 N–H and O–H groups in total. The van der Waals surface area contributed by atoms with Crippen LogP contribution in [0.4, 0.5) is 5.69 Å². The molecule has 0 spiro atoms. The van der Waals surface area contributed by atoms with Gasteiger partial charge in [-0.2, -0.15) is 0 Å². The average molecular weight is 300 g/mol. The molecule has 0 radical (unpaired) electrons. The summed E-state index contributed by atoms with van der Waals surface area (Å²) in [7, 11) is -2.12. The van der Waals surface area contributed by atoms with E-state index >= 15 is 0 Å². The molecule has 0 aromatic heterocycles. The molecular weight excluding hydrogens is 276 g/mol. The van der Waals surface area contributed by atoms with E-state index in [2.05, 4.69) is 18.6 Å². The molecular formula is C14H24N2O3S. The molecule has 0 atom stereocenters. The second-order valence-corrected chi connectivity index (χ2v) is 6.93. The van der Waals surface area contributed by atoms with Gasteiger partial charge in [-0.25, -0.2) is 13.1 Å². The van der Waals surface area contributed by atoms with Gasteiger partial charge < -0.3 is 10.5 Å². The van der Waals surface area contributed by atoms with Crippen molar-refractivity contribution in [1.82, 2.24) is 4.72 Å². The van der Waals surface area contributed by atoms with Gasteiger partial charge in [-0.05, 0) is 24.5 Å². The van der Waals surface area contributed by atoms with Gasteiger partial charge in [0, 0.05) is 18.3 Å². The minimum atomic E-state index is -3.55. The topological polar surface area (TPSA) is 81.4 Å². The number of benzene rings is 1. The van der Waals surface area contributed by atoms with Gasteiger partial charge in [0.2, 0.25) is 10.0 Å². The van der Waals surface area contributed by atoms with E-state index in [4.69, 9.17) is 10.5 Å². The molecule has 6 heteroatoms. The predicted octanol–water partition coefficient (Wildman–Crippen LogP) is 2.38. The Labute approximate surface area is 121 Å². The maximum Gasteiger partial charge on any atom is 0.244 e. The molecule has 0 bridgehead atoms. The van der Waals surface area contributed by atoms with E-state index in [9.17, 15) is 8.42 Å². The van der Waals surface area contributed by atoms with Gasteiger partial charge in [-0.15, -0.1) is 0 Å². The highest BCUT2D eigenvalue weighted by Crippen LogP contribution is 2.25. The summed E-state index contributed by atoms with van der Waals surface area (Å²) in [6, 6.07) is 4.52. The Hall–Kier alpha value is -1.27. The number of nitrogen functional groups attached to an aromatic ring is 1. The van der Waals surface area contributed by atoms with Gasteiger partial charge in [0.05, 0.1) is 7.11 Å². The van der Waals surface area contributed by atoms with Crippen LogP contribution in [0.3, 0.4) is 0 Å². The fourth-order valence-electron chi connectivity index (χ4n) is 1.87. The molecule has 0 heterocycles. The Morgan fingerprint density at radius 1 is 1.30 bits per heavy atom. The van der Waals surface area contributed by atoms with Gasteiger partial charge in [0.1, 0.15) is 10.6 Å². The van der Waals surface area contributed by atoms with Crippen molar-refractivity contribution in [3.05, 3.63) is 18.2 Å². The molecule has 0 saturated heterocycles. The van der Waals surface area contributed by atoms with E-state index in [-0.39, 0.29) is 10.6 Å². The highest BCUT2D eigenvalue weighted by molar-refractivity contribution is 7.89. The molecule has 5 nitrogen and oxygen atoms in total. The average Bonchev–Trinajstić information content (AvgIpc) is 2.37. The van der Waals surface area contributed by atoms with Crippen molar-refractivity contribution < 1.29 is 13.2 Å². The van der Waals surface area contributed by atoms with Crippen molar-refractivity contribution >= 4 is 15.7 Å². The van der Waals surface area contributed by atoms with Crippen LogP contribution in [0, 0.1) is 5.92 Å². The van der Waals surface area contributed by atoms with Crippen LogP contribution in [-0.2, 0) is 10.0 Å². The summed E-state index contributed by atoms with van der Waals surface area (Å²) in [6.45, 7) is 4.75. The van der Waals surface area contributed by atoms with Gasteiger partial charge in [0.15, 0.2) is 0 Å². The lowest BCUT2D eigenvalue weighted by Gasteiger charge is -2.11. The summed E-state index contributed by atoms with van der Waals surface area (Å²) >= 11 is 0. The monoisotopic (exact) mass is 300 g/mol. The van der Waals surface area contributed by atoms with Crippen LogP contribution in [-0.4, -0.2) is 22.1 Å². The van der Waals surface area contributed by atoms with Gasteiger partial charge in [-0.3, -0.25) is 0 Å². The van der Waals surface area contributed by atoms with Gasteiger partial charge >= 0.3 is 0 Å². The van der Waals surface area contributed by atoms with Crippen LogP contribution in [0.15, 0.2) is 23.1 Å². The predicted molar refractivity (Wildman–Crippen MR) is 81.3 cm³/mol. The summed E-state index contributed by atoms with van der Waals surface area (Å²) in [5.74, 6) is 0.906. The van der Waals surface area contributed by atoms with E-state index < -0.39 is 10.0 Å². The number of hydrogen-bond acceptors (Lipinski definition) is 4. The van der Waals surface area contributed by atoms with E-state index in [0.717, 1.165) is 19.3 Å². The van der Waals surface area contributed by atoms with Crippen LogP contribution in [0.5, 0.6) is 5.75 Å². The molecule has 0 fully saturated rings. The maximum absolute atomic E-state index is 12.2. The van der Waals surface area contributed by atoms with Gasteiger partial charge in [0.25, 0.3) is 0 Å². The van der Waals surface area contributed by atoms with Crippen molar-refractivity contribution in [3.8, 4) is 5.75 Å². The number of ether oxygens (including phenoxy) is 1. The van der Waals surface area contributed by atoms with Crippen LogP contribution in [0.2, 0.25) is 0 Å². The van der Waals surface area contributed by atoms with E-state index in [1.807, 2.05) is 0 Å². The normalized spacial score (nSPS) is 11.8. The van der Waals surface area contributed by atoms with Crippen molar-refractivity contribution in [2.24, 2.45) is 5.92 Å². The first-order chi connectivity index (χ1) is 9.36. The standard InChI is InChI=1S/C14H24N2O3S/c1-11(2)6-4-5-9-16-20(17,18)14-8-7-12(15)10-13(14)19-3/h7-8,10-11,16H,4-6,9,15H2,1-3H3. The van der Waals surface area contributed by atoms with Crippen LogP contribution in [0.1, 0.15) is 33.1 Å². The lowest BCUT2D eigenvalue weighted by Crippen LogP contribution is -2.25. The van der Waals surface area contributed by atoms with E-state index in [0.29, 0.717) is 18.2 Å². The number of anilines is 1. The van der Waals surface area contributed by atoms with Crippen LogP contribution in [0.25, 0.3) is 0 Å². The zero-order chi connectivity index (χ0) is 15.2. The maximum atomic E-state index is 12.2. The van der Waals surface area contributed by atoms with Crippen molar-refractivity contribution in [2.75, 3.05) is 19.4 Å². The Balaban J connectivity index is 2.65. The Morgan fingerprint density at radius 3 is 2.60 bits per heavy atom. The number of hydrogen-bond donors (Lipinski definition) is 2. The summed E-state index contributed by atoms with van der Waals surface area (Å²) in [5, 5.41) is 0. The van der Waals surface area contributed by atoms with Crippen LogP contribution < -0.4 is 15.2 Å². The molecule has 1 aromatic rings. The Bertz CT molecular complexity index is 527. The first kappa shape index (κ1) is 16.8. The molecule has 0 saturated carbocycles. The minimum Gasteiger partial charge on any atom is -0.495 e. The molecule has 20 heavy (non-hydrogen) atoms. The van der Waals surface area contributed by atoms with Crippen LogP contribution >= 0.6 is 0 Å². The molecule has 1 aromatic carbocycles. The van der Waals surface area contributed by atoms with Crippen molar-refractivity contribution in [1.29, 1.82) is 0 Å². The smallest absolute Gasteiger partial charge is 0.244 e. The largest absolute Gasteiger partial charge is 0.495 e. The molecule has 0 amide bonds. The Morgan fingerprint density at radius 2 is 2.00 bits per heavy atom. The van der Waals surface area contributed by atoms with Gasteiger partial charge in [-0.1, -0.05) is 26.7 Å². The third-order valence-electron chi connectivity index (χ3n) is 2.98. The SMILES string of the molecule is COc1cc(N)ccc1S(=O)(=O)NCCCCC(C)C. The second-order valence-electron chi connectivity index (χ2n) is 5.20. The first-order valence-electron chi connectivity index (χ1n) is 6.80. The quantitative estimate of drug-likeness (QED) is 0.570. The molecule has 0 unspecified atom stereocenters. The van der Waals surface area contributed by atoms with E-state index in [1.165, 1.54) is 19.2 Å². The number of sulfonamides is 1. The molecule has 114 valence electrons. The number of nitrogens with two attached hydrogens (primary N) is 1. The Kier molecular flexibility index (Phi) is 6.29. The highest BCUT2D eigenvalue weighted by Gasteiger charge is 2.18. The summed E-state index contributed by atoms with van der Waals surface area (Å²) in [6.07, 6.45) is 2.95. The zero-order valence-electron chi connectivity index (χ0n) is 12.3.